The third kappa shape index (κ3) is 3.69. The highest BCUT2D eigenvalue weighted by atomic mass is 32.1. The van der Waals surface area contributed by atoms with Crippen molar-refractivity contribution >= 4 is 23.2 Å². The lowest BCUT2D eigenvalue weighted by Gasteiger charge is -2.22. The Balaban J connectivity index is 1.34. The molecule has 0 unspecified atom stereocenters. The topological polar surface area (TPSA) is 62.2 Å². The molecule has 0 radical (unpaired) electrons. The van der Waals surface area contributed by atoms with Gasteiger partial charge in [0.2, 0.25) is 5.95 Å². The van der Waals surface area contributed by atoms with Gasteiger partial charge in [-0.25, -0.2) is 19.3 Å². The van der Waals surface area contributed by atoms with Crippen LogP contribution in [-0.2, 0) is 0 Å². The Labute approximate surface area is 184 Å². The first kappa shape index (κ1) is 20.1. The third-order valence-corrected chi connectivity index (χ3v) is 7.09. The second-order valence-electron chi connectivity index (χ2n) is 8.48. The molecule has 0 aliphatic carbocycles. The molecule has 1 aromatic carbocycles. The summed E-state index contributed by atoms with van der Waals surface area (Å²) in [5, 5.41) is 0.763. The van der Waals surface area contributed by atoms with Crippen molar-refractivity contribution in [3.63, 3.8) is 0 Å². The van der Waals surface area contributed by atoms with Crippen LogP contribution >= 0.6 is 11.3 Å². The second kappa shape index (κ2) is 7.67. The molecule has 0 N–H and O–H groups in total. The average Bonchev–Trinajstić information content (AvgIpc) is 3.40. The number of likely N-dealkylation sites (tertiary alicyclic amines) is 1. The summed E-state index contributed by atoms with van der Waals surface area (Å²) in [5.74, 6) is 1.10. The summed E-state index contributed by atoms with van der Waals surface area (Å²) in [6.45, 7) is 8.86. The number of carbonyl (C=O) groups is 1. The van der Waals surface area contributed by atoms with E-state index >= 15 is 0 Å². The average molecular weight is 438 g/mol. The summed E-state index contributed by atoms with van der Waals surface area (Å²) < 4.78 is 14.4. The smallest absolute Gasteiger partial charge is 0.274 e. The maximum Gasteiger partial charge on any atom is 0.274 e. The number of anilines is 1. The number of hydrogen-bond acceptors (Lipinski definition) is 6. The van der Waals surface area contributed by atoms with Gasteiger partial charge in [-0.15, -0.1) is 11.3 Å². The van der Waals surface area contributed by atoms with E-state index in [0.29, 0.717) is 41.1 Å². The number of rotatable bonds is 3. The Morgan fingerprint density at radius 3 is 2.29 bits per heavy atom. The summed E-state index contributed by atoms with van der Waals surface area (Å²) >= 11 is 1.37. The number of hydrogen-bond donors (Lipinski definition) is 0. The minimum absolute atomic E-state index is 0.105. The Kier molecular flexibility index (Phi) is 4.97. The van der Waals surface area contributed by atoms with Crippen LogP contribution in [0, 0.1) is 38.4 Å². The summed E-state index contributed by atoms with van der Waals surface area (Å²) in [7, 11) is 0. The fourth-order valence-electron chi connectivity index (χ4n) is 4.72. The Hall–Kier alpha value is -2.87. The van der Waals surface area contributed by atoms with E-state index in [1.807, 2.05) is 31.7 Å². The largest absolute Gasteiger partial charge is 0.340 e. The lowest BCUT2D eigenvalue weighted by Crippen LogP contribution is -2.34. The minimum atomic E-state index is -0.331. The number of fused-ring (bicyclic) bond motifs is 1. The summed E-state index contributed by atoms with van der Waals surface area (Å²) in [6, 6.07) is 8.54. The fraction of sp³-hybridized carbons (Fsp3) is 0.391. The first-order valence-corrected chi connectivity index (χ1v) is 11.3. The van der Waals surface area contributed by atoms with Crippen LogP contribution in [-0.4, -0.2) is 51.9 Å². The van der Waals surface area contributed by atoms with Crippen molar-refractivity contribution in [2.45, 2.75) is 20.8 Å². The number of aromatic nitrogens is 3. The number of carbonyl (C=O) groups excluding carboxylic acids is 1. The molecule has 2 saturated heterocycles. The molecule has 31 heavy (non-hydrogen) atoms. The number of amides is 1. The Morgan fingerprint density at radius 1 is 1.00 bits per heavy atom. The van der Waals surface area contributed by atoms with Crippen LogP contribution in [0.25, 0.3) is 10.4 Å². The van der Waals surface area contributed by atoms with Crippen molar-refractivity contribution in [3.05, 3.63) is 58.2 Å². The van der Waals surface area contributed by atoms with E-state index in [0.717, 1.165) is 35.4 Å². The van der Waals surface area contributed by atoms with Crippen LogP contribution in [0.2, 0.25) is 0 Å². The Morgan fingerprint density at radius 2 is 1.65 bits per heavy atom. The first-order valence-electron chi connectivity index (χ1n) is 10.5. The van der Waals surface area contributed by atoms with Crippen LogP contribution in [0.3, 0.4) is 0 Å². The summed E-state index contributed by atoms with van der Waals surface area (Å²) in [4.78, 5) is 31.7. The highest BCUT2D eigenvalue weighted by Gasteiger charge is 2.43. The van der Waals surface area contributed by atoms with Crippen molar-refractivity contribution in [1.82, 2.24) is 19.9 Å². The van der Waals surface area contributed by atoms with Gasteiger partial charge >= 0.3 is 0 Å². The van der Waals surface area contributed by atoms with E-state index in [1.165, 1.54) is 17.4 Å². The molecule has 6 nitrogen and oxygen atoms in total. The molecule has 2 aromatic heterocycles. The van der Waals surface area contributed by atoms with E-state index in [-0.39, 0.29) is 11.7 Å². The molecule has 4 heterocycles. The van der Waals surface area contributed by atoms with E-state index in [1.54, 1.807) is 18.2 Å². The van der Waals surface area contributed by atoms with Crippen molar-refractivity contribution in [1.29, 1.82) is 0 Å². The lowest BCUT2D eigenvalue weighted by molar-refractivity contribution is 0.0778. The van der Waals surface area contributed by atoms with Crippen molar-refractivity contribution < 1.29 is 9.18 Å². The quantitative estimate of drug-likeness (QED) is 0.622. The van der Waals surface area contributed by atoms with Gasteiger partial charge in [0.25, 0.3) is 5.91 Å². The highest BCUT2D eigenvalue weighted by molar-refractivity contribution is 7.15. The van der Waals surface area contributed by atoms with Gasteiger partial charge in [-0.2, -0.15) is 0 Å². The number of thiazole rings is 1. The molecular weight excluding hydrogens is 413 g/mol. The second-order valence-corrected chi connectivity index (χ2v) is 9.68. The van der Waals surface area contributed by atoms with Crippen LogP contribution < -0.4 is 4.90 Å². The number of aryl methyl sites for hydroxylation is 3. The molecule has 3 aromatic rings. The lowest BCUT2D eigenvalue weighted by atomic mass is 10.0. The number of nitrogens with zero attached hydrogens (tertiary/aromatic N) is 5. The summed E-state index contributed by atoms with van der Waals surface area (Å²) in [6.07, 6.45) is 0. The molecule has 5 rings (SSSR count). The normalized spacial score (nSPS) is 20.4. The first-order chi connectivity index (χ1) is 14.9. The third-order valence-electron chi connectivity index (χ3n) is 6.08. The monoisotopic (exact) mass is 437 g/mol. The van der Waals surface area contributed by atoms with Crippen LogP contribution in [0.15, 0.2) is 30.3 Å². The van der Waals surface area contributed by atoms with Crippen LogP contribution in [0.1, 0.15) is 26.9 Å². The Bertz CT molecular complexity index is 1130. The maximum absolute atomic E-state index is 14.4. The number of halogens is 1. The van der Waals surface area contributed by atoms with Gasteiger partial charge in [0.05, 0.1) is 9.88 Å². The van der Waals surface area contributed by atoms with Crippen molar-refractivity contribution in [2.75, 3.05) is 31.1 Å². The van der Waals surface area contributed by atoms with Crippen LogP contribution in [0.4, 0.5) is 10.3 Å². The molecule has 160 valence electrons. The van der Waals surface area contributed by atoms with E-state index in [4.69, 9.17) is 0 Å². The molecule has 0 bridgehead atoms. The fourth-order valence-corrected chi connectivity index (χ4v) is 5.66. The molecule has 2 aliphatic rings. The standard InChI is InChI=1S/C23H24FN5OS/c1-13-8-14(2)26-23(25-13)29-11-16-9-28(10-17(16)12-29)22(30)20-21(31-15(3)27-20)18-6-4-5-7-19(18)24/h4-8,16-17H,9-12H2,1-3H3/t16-,17+. The molecule has 0 saturated carbocycles. The molecular formula is C23H24FN5OS. The molecule has 2 aliphatic heterocycles. The van der Waals surface area contributed by atoms with Crippen LogP contribution in [0.5, 0.6) is 0 Å². The predicted octanol–water partition coefficient (Wildman–Crippen LogP) is 3.87. The SMILES string of the molecule is Cc1cc(C)nc(N2C[C@H]3CN(C(=O)c4nc(C)sc4-c4ccccc4F)C[C@H]3C2)n1. The molecule has 0 spiro atoms. The molecule has 8 heteroatoms. The summed E-state index contributed by atoms with van der Waals surface area (Å²) in [5.41, 5.74) is 2.74. The van der Waals surface area contributed by atoms with Crippen molar-refractivity contribution in [3.8, 4) is 10.4 Å². The van der Waals surface area contributed by atoms with Gasteiger partial charge in [0.1, 0.15) is 11.5 Å². The van der Waals surface area contributed by atoms with Gasteiger partial charge in [0, 0.05) is 55.0 Å². The predicted molar refractivity (Wildman–Crippen MR) is 119 cm³/mol. The maximum atomic E-state index is 14.4. The minimum Gasteiger partial charge on any atom is -0.340 e. The van der Waals surface area contributed by atoms with Gasteiger partial charge in [-0.3, -0.25) is 4.79 Å². The van der Waals surface area contributed by atoms with Gasteiger partial charge in [-0.1, -0.05) is 18.2 Å². The van der Waals surface area contributed by atoms with E-state index in [9.17, 15) is 9.18 Å². The zero-order chi connectivity index (χ0) is 21.7. The molecule has 2 atom stereocenters. The van der Waals surface area contributed by atoms with E-state index < -0.39 is 0 Å². The van der Waals surface area contributed by atoms with Gasteiger partial charge in [0.15, 0.2) is 0 Å². The molecule has 1 amide bonds. The van der Waals surface area contributed by atoms with Crippen molar-refractivity contribution in [2.24, 2.45) is 11.8 Å². The molecule has 2 fully saturated rings. The number of benzene rings is 1. The zero-order valence-electron chi connectivity index (χ0n) is 17.8. The van der Waals surface area contributed by atoms with Gasteiger partial charge in [-0.05, 0) is 32.9 Å². The highest BCUT2D eigenvalue weighted by Crippen LogP contribution is 2.36. The van der Waals surface area contributed by atoms with E-state index in [2.05, 4.69) is 19.9 Å². The zero-order valence-corrected chi connectivity index (χ0v) is 18.6. The van der Waals surface area contributed by atoms with Gasteiger partial charge < -0.3 is 9.80 Å².